The zero-order valence-electron chi connectivity index (χ0n) is 19.2. The van der Waals surface area contributed by atoms with Crippen molar-refractivity contribution in [3.63, 3.8) is 0 Å². The van der Waals surface area contributed by atoms with E-state index in [0.717, 1.165) is 21.8 Å². The molecular weight excluding hydrogens is 394 g/mol. The van der Waals surface area contributed by atoms with Crippen molar-refractivity contribution in [3.8, 4) is 0 Å². The number of amides is 2. The fourth-order valence-electron chi connectivity index (χ4n) is 3.29. The van der Waals surface area contributed by atoms with E-state index in [1.807, 2.05) is 73.5 Å². The van der Waals surface area contributed by atoms with Crippen molar-refractivity contribution in [1.82, 2.24) is 4.90 Å². The van der Waals surface area contributed by atoms with E-state index < -0.39 is 0 Å². The predicted molar refractivity (Wildman–Crippen MR) is 127 cm³/mol. The minimum Gasteiger partial charge on any atom is -0.377 e. The SMILES string of the molecule is CC(C)CC(=O)Nc1ccc(N(C)C)c(CN(C(=O)c2cccs2)[C@H](C)C(C)C)c1. The van der Waals surface area contributed by atoms with Gasteiger partial charge in [0.25, 0.3) is 5.91 Å². The van der Waals surface area contributed by atoms with Crippen LogP contribution in [0.3, 0.4) is 0 Å². The predicted octanol–water partition coefficient (Wildman–Crippen LogP) is 5.49. The minimum atomic E-state index is 0.00983. The van der Waals surface area contributed by atoms with Crippen LogP contribution >= 0.6 is 11.3 Å². The molecule has 0 unspecified atom stereocenters. The number of anilines is 2. The van der Waals surface area contributed by atoms with Crippen LogP contribution in [0.4, 0.5) is 11.4 Å². The highest BCUT2D eigenvalue weighted by Crippen LogP contribution is 2.28. The van der Waals surface area contributed by atoms with Crippen molar-refractivity contribution in [2.45, 2.75) is 53.6 Å². The Morgan fingerprint density at radius 2 is 1.77 bits per heavy atom. The summed E-state index contributed by atoms with van der Waals surface area (Å²) in [6.45, 7) is 10.9. The first-order valence-corrected chi connectivity index (χ1v) is 11.4. The quantitative estimate of drug-likeness (QED) is 0.574. The maximum Gasteiger partial charge on any atom is 0.264 e. The van der Waals surface area contributed by atoms with E-state index >= 15 is 0 Å². The first-order chi connectivity index (χ1) is 14.1. The van der Waals surface area contributed by atoms with Crippen LogP contribution in [0.1, 0.15) is 56.3 Å². The van der Waals surface area contributed by atoms with Crippen molar-refractivity contribution in [3.05, 3.63) is 46.2 Å². The third-order valence-electron chi connectivity index (χ3n) is 5.23. The normalized spacial score (nSPS) is 12.2. The summed E-state index contributed by atoms with van der Waals surface area (Å²) in [6, 6.07) is 9.79. The lowest BCUT2D eigenvalue weighted by Crippen LogP contribution is -2.41. The van der Waals surface area contributed by atoms with E-state index in [0.29, 0.717) is 24.8 Å². The first-order valence-electron chi connectivity index (χ1n) is 10.5. The second-order valence-electron chi connectivity index (χ2n) is 8.78. The van der Waals surface area contributed by atoms with E-state index in [2.05, 4.69) is 26.1 Å². The molecule has 0 radical (unpaired) electrons. The lowest BCUT2D eigenvalue weighted by Gasteiger charge is -2.33. The molecule has 164 valence electrons. The average molecular weight is 430 g/mol. The molecule has 1 atom stereocenters. The second-order valence-corrected chi connectivity index (χ2v) is 9.73. The van der Waals surface area contributed by atoms with Gasteiger partial charge in [-0.15, -0.1) is 11.3 Å². The van der Waals surface area contributed by atoms with Crippen LogP contribution in [0.15, 0.2) is 35.7 Å². The standard InChI is InChI=1S/C24H35N3O2S/c1-16(2)13-23(28)25-20-10-11-21(26(6)7)19(14-20)15-27(18(5)17(3)4)24(29)22-9-8-12-30-22/h8-12,14,16-18H,13,15H2,1-7H3,(H,25,28)/t18-/m1/s1. The van der Waals surface area contributed by atoms with E-state index in [4.69, 9.17) is 0 Å². The molecule has 0 saturated carbocycles. The Morgan fingerprint density at radius 1 is 1.07 bits per heavy atom. The molecule has 0 fully saturated rings. The maximum absolute atomic E-state index is 13.3. The van der Waals surface area contributed by atoms with Crippen molar-refractivity contribution in [2.24, 2.45) is 11.8 Å². The highest BCUT2D eigenvalue weighted by Gasteiger charge is 2.26. The number of carbonyl (C=O) groups excluding carboxylic acids is 2. The molecule has 0 aliphatic rings. The number of hydrogen-bond acceptors (Lipinski definition) is 4. The third kappa shape index (κ3) is 6.33. The molecule has 0 bridgehead atoms. The minimum absolute atomic E-state index is 0.00983. The molecule has 0 aliphatic carbocycles. The molecular formula is C24H35N3O2S. The van der Waals surface area contributed by atoms with Crippen LogP contribution in [0.2, 0.25) is 0 Å². The Morgan fingerprint density at radius 3 is 2.30 bits per heavy atom. The van der Waals surface area contributed by atoms with Gasteiger partial charge in [-0.05, 0) is 54.0 Å². The average Bonchev–Trinajstić information content (AvgIpc) is 3.18. The van der Waals surface area contributed by atoms with E-state index in [1.165, 1.54) is 11.3 Å². The highest BCUT2D eigenvalue weighted by molar-refractivity contribution is 7.12. The summed E-state index contributed by atoms with van der Waals surface area (Å²) >= 11 is 1.47. The molecule has 1 N–H and O–H groups in total. The van der Waals surface area contributed by atoms with Crippen molar-refractivity contribution in [2.75, 3.05) is 24.3 Å². The molecule has 0 saturated heterocycles. The molecule has 1 aromatic carbocycles. The van der Waals surface area contributed by atoms with Gasteiger partial charge in [0.05, 0.1) is 4.88 Å². The zero-order chi connectivity index (χ0) is 22.4. The van der Waals surface area contributed by atoms with Crippen LogP contribution in [0.5, 0.6) is 0 Å². The molecule has 0 aliphatic heterocycles. The van der Waals surface area contributed by atoms with Gasteiger partial charge in [0.15, 0.2) is 0 Å². The van der Waals surface area contributed by atoms with Gasteiger partial charge in [-0.2, -0.15) is 0 Å². The molecule has 1 heterocycles. The lowest BCUT2D eigenvalue weighted by atomic mass is 10.0. The van der Waals surface area contributed by atoms with Crippen LogP contribution in [0, 0.1) is 11.8 Å². The van der Waals surface area contributed by atoms with Gasteiger partial charge in [-0.1, -0.05) is 33.8 Å². The van der Waals surface area contributed by atoms with Gasteiger partial charge >= 0.3 is 0 Å². The topological polar surface area (TPSA) is 52.7 Å². The fraction of sp³-hybridized carbons (Fsp3) is 0.500. The Kier molecular flexibility index (Phi) is 8.47. The Bertz CT molecular complexity index is 844. The van der Waals surface area contributed by atoms with E-state index in [1.54, 1.807) is 0 Å². The van der Waals surface area contributed by atoms with Crippen LogP contribution < -0.4 is 10.2 Å². The van der Waals surface area contributed by atoms with Crippen LogP contribution in [0.25, 0.3) is 0 Å². The number of hydrogen-bond donors (Lipinski definition) is 1. The van der Waals surface area contributed by atoms with E-state index in [9.17, 15) is 9.59 Å². The second kappa shape index (κ2) is 10.6. The third-order valence-corrected chi connectivity index (χ3v) is 6.09. The van der Waals surface area contributed by atoms with Crippen LogP contribution in [-0.2, 0) is 11.3 Å². The monoisotopic (exact) mass is 429 g/mol. The summed E-state index contributed by atoms with van der Waals surface area (Å²) in [5.74, 6) is 0.683. The summed E-state index contributed by atoms with van der Waals surface area (Å²) in [6.07, 6.45) is 0.484. The molecule has 6 heteroatoms. The summed E-state index contributed by atoms with van der Waals surface area (Å²) in [5, 5.41) is 4.94. The Balaban J connectivity index is 2.37. The number of nitrogens with zero attached hydrogens (tertiary/aromatic N) is 2. The zero-order valence-corrected chi connectivity index (χ0v) is 20.0. The smallest absolute Gasteiger partial charge is 0.264 e. The molecule has 2 amide bonds. The Labute approximate surface area is 185 Å². The van der Waals surface area contributed by atoms with Crippen molar-refractivity contribution >= 4 is 34.5 Å². The van der Waals surface area contributed by atoms with Crippen LogP contribution in [-0.4, -0.2) is 36.9 Å². The molecule has 2 aromatic rings. The van der Waals surface area contributed by atoms with Gasteiger partial charge in [0.1, 0.15) is 0 Å². The Hall–Kier alpha value is -2.34. The molecule has 30 heavy (non-hydrogen) atoms. The molecule has 0 spiro atoms. The largest absolute Gasteiger partial charge is 0.377 e. The number of rotatable bonds is 9. The number of nitrogens with one attached hydrogen (secondary N) is 1. The number of benzene rings is 1. The molecule has 5 nitrogen and oxygen atoms in total. The van der Waals surface area contributed by atoms with Gasteiger partial charge in [-0.25, -0.2) is 0 Å². The summed E-state index contributed by atoms with van der Waals surface area (Å²) in [5.41, 5.74) is 2.82. The maximum atomic E-state index is 13.3. The summed E-state index contributed by atoms with van der Waals surface area (Å²) in [7, 11) is 3.99. The lowest BCUT2D eigenvalue weighted by molar-refractivity contribution is -0.116. The van der Waals surface area contributed by atoms with Gasteiger partial charge < -0.3 is 15.1 Å². The van der Waals surface area contributed by atoms with Crippen molar-refractivity contribution < 1.29 is 9.59 Å². The van der Waals surface area contributed by atoms with Gasteiger partial charge in [0.2, 0.25) is 5.91 Å². The summed E-state index contributed by atoms with van der Waals surface area (Å²) < 4.78 is 0. The fourth-order valence-corrected chi connectivity index (χ4v) is 3.97. The number of carbonyl (C=O) groups is 2. The first kappa shape index (κ1) is 23.9. The number of thiophene rings is 1. The van der Waals surface area contributed by atoms with Crippen molar-refractivity contribution in [1.29, 1.82) is 0 Å². The summed E-state index contributed by atoms with van der Waals surface area (Å²) in [4.78, 5) is 30.3. The van der Waals surface area contributed by atoms with E-state index in [-0.39, 0.29) is 17.9 Å². The molecule has 1 aromatic heterocycles. The van der Waals surface area contributed by atoms with Gasteiger partial charge in [0, 0.05) is 44.5 Å². The highest BCUT2D eigenvalue weighted by atomic mass is 32.1. The van der Waals surface area contributed by atoms with Gasteiger partial charge in [-0.3, -0.25) is 9.59 Å². The molecule has 2 rings (SSSR count).